The lowest BCUT2D eigenvalue weighted by molar-refractivity contribution is 0.397. The van der Waals surface area contributed by atoms with E-state index in [9.17, 15) is 0 Å². The second-order valence-corrected chi connectivity index (χ2v) is 7.13. The van der Waals surface area contributed by atoms with Crippen LogP contribution in [0.1, 0.15) is 44.2 Å². The van der Waals surface area contributed by atoms with Crippen molar-refractivity contribution in [2.24, 2.45) is 0 Å². The third kappa shape index (κ3) is 5.53. The highest BCUT2D eigenvalue weighted by Gasteiger charge is 2.15. The van der Waals surface area contributed by atoms with E-state index in [0.717, 1.165) is 18.9 Å². The SMILES string of the molecule is COc1cc(N2CCCCCC2)nc(NC(=S)N[C@H](C)c2ccccc2)n1. The molecular formula is C20H27N5OS. The Bertz CT molecular complexity index is 747. The number of aromatic nitrogens is 2. The lowest BCUT2D eigenvalue weighted by Crippen LogP contribution is -2.32. The molecule has 3 rings (SSSR count). The smallest absolute Gasteiger partial charge is 0.234 e. The molecule has 144 valence electrons. The zero-order valence-corrected chi connectivity index (χ0v) is 16.8. The van der Waals surface area contributed by atoms with Gasteiger partial charge in [0.1, 0.15) is 5.82 Å². The van der Waals surface area contributed by atoms with Gasteiger partial charge in [0.25, 0.3) is 0 Å². The van der Waals surface area contributed by atoms with Gasteiger partial charge >= 0.3 is 0 Å². The molecule has 1 aliphatic rings. The minimum atomic E-state index is 0.0851. The molecule has 1 aromatic carbocycles. The lowest BCUT2D eigenvalue weighted by Gasteiger charge is -2.22. The molecule has 0 radical (unpaired) electrons. The van der Waals surface area contributed by atoms with Gasteiger partial charge in [-0.25, -0.2) is 0 Å². The average molecular weight is 386 g/mol. The van der Waals surface area contributed by atoms with Gasteiger partial charge in [-0.1, -0.05) is 43.2 Å². The molecular weight excluding hydrogens is 358 g/mol. The molecule has 2 aromatic rings. The fraction of sp³-hybridized carbons (Fsp3) is 0.450. The van der Waals surface area contributed by atoms with Crippen molar-refractivity contribution in [3.8, 4) is 5.88 Å². The Morgan fingerprint density at radius 3 is 2.48 bits per heavy atom. The van der Waals surface area contributed by atoms with Gasteiger partial charge in [-0.05, 0) is 37.5 Å². The third-order valence-electron chi connectivity index (χ3n) is 4.70. The summed E-state index contributed by atoms with van der Waals surface area (Å²) in [5, 5.41) is 6.87. The van der Waals surface area contributed by atoms with Gasteiger partial charge in [-0.3, -0.25) is 0 Å². The molecule has 0 amide bonds. The number of hydrogen-bond donors (Lipinski definition) is 2. The molecule has 0 bridgehead atoms. The van der Waals surface area contributed by atoms with Crippen LogP contribution in [0, 0.1) is 0 Å². The Balaban J connectivity index is 1.69. The molecule has 1 saturated heterocycles. The van der Waals surface area contributed by atoms with E-state index >= 15 is 0 Å². The van der Waals surface area contributed by atoms with Crippen molar-refractivity contribution in [3.63, 3.8) is 0 Å². The maximum absolute atomic E-state index is 5.46. The molecule has 0 saturated carbocycles. The number of nitrogens with zero attached hydrogens (tertiary/aromatic N) is 3. The highest BCUT2D eigenvalue weighted by atomic mass is 32.1. The number of rotatable bonds is 5. The molecule has 1 fully saturated rings. The Morgan fingerprint density at radius 2 is 1.81 bits per heavy atom. The number of benzene rings is 1. The van der Waals surface area contributed by atoms with E-state index in [1.807, 2.05) is 24.3 Å². The fourth-order valence-corrected chi connectivity index (χ4v) is 3.46. The number of methoxy groups -OCH3 is 1. The highest BCUT2D eigenvalue weighted by molar-refractivity contribution is 7.80. The summed E-state index contributed by atoms with van der Waals surface area (Å²) in [6.07, 6.45) is 4.91. The minimum Gasteiger partial charge on any atom is -0.481 e. The second-order valence-electron chi connectivity index (χ2n) is 6.72. The topological polar surface area (TPSA) is 62.3 Å². The first-order chi connectivity index (χ1) is 13.2. The summed E-state index contributed by atoms with van der Waals surface area (Å²) < 4.78 is 5.37. The number of thiocarbonyl (C=S) groups is 1. The number of anilines is 2. The van der Waals surface area contributed by atoms with Gasteiger partial charge in [-0.2, -0.15) is 9.97 Å². The van der Waals surface area contributed by atoms with Crippen molar-refractivity contribution in [2.45, 2.75) is 38.6 Å². The van der Waals surface area contributed by atoms with Crippen LogP contribution in [0.5, 0.6) is 5.88 Å². The van der Waals surface area contributed by atoms with Crippen LogP contribution in [-0.4, -0.2) is 35.3 Å². The van der Waals surface area contributed by atoms with Crippen LogP contribution in [-0.2, 0) is 0 Å². The van der Waals surface area contributed by atoms with E-state index < -0.39 is 0 Å². The Kier molecular flexibility index (Phi) is 6.81. The number of nitrogens with one attached hydrogen (secondary N) is 2. The van der Waals surface area contributed by atoms with Crippen LogP contribution in [0.2, 0.25) is 0 Å². The summed E-state index contributed by atoms with van der Waals surface area (Å²) in [5.74, 6) is 1.86. The molecule has 1 aromatic heterocycles. The minimum absolute atomic E-state index is 0.0851. The molecule has 0 aliphatic carbocycles. The van der Waals surface area contributed by atoms with Crippen LogP contribution in [0.4, 0.5) is 11.8 Å². The van der Waals surface area contributed by atoms with E-state index in [1.165, 1.54) is 31.2 Å². The van der Waals surface area contributed by atoms with Crippen LogP contribution < -0.4 is 20.3 Å². The van der Waals surface area contributed by atoms with Gasteiger partial charge in [0.05, 0.1) is 13.2 Å². The van der Waals surface area contributed by atoms with Gasteiger partial charge < -0.3 is 20.3 Å². The van der Waals surface area contributed by atoms with Crippen molar-refractivity contribution in [1.29, 1.82) is 0 Å². The molecule has 2 N–H and O–H groups in total. The lowest BCUT2D eigenvalue weighted by atomic mass is 10.1. The van der Waals surface area contributed by atoms with E-state index in [2.05, 4.69) is 44.6 Å². The molecule has 27 heavy (non-hydrogen) atoms. The van der Waals surface area contributed by atoms with Crippen LogP contribution >= 0.6 is 12.2 Å². The summed E-state index contributed by atoms with van der Waals surface area (Å²) in [7, 11) is 1.62. The molecule has 1 aliphatic heterocycles. The van der Waals surface area contributed by atoms with Crippen molar-refractivity contribution in [1.82, 2.24) is 15.3 Å². The van der Waals surface area contributed by atoms with Gasteiger partial charge in [0.2, 0.25) is 11.8 Å². The van der Waals surface area contributed by atoms with E-state index in [1.54, 1.807) is 7.11 Å². The third-order valence-corrected chi connectivity index (χ3v) is 4.92. The average Bonchev–Trinajstić information content (AvgIpc) is 2.97. The summed E-state index contributed by atoms with van der Waals surface area (Å²) in [6.45, 7) is 4.08. The van der Waals surface area contributed by atoms with Gasteiger partial charge in [0, 0.05) is 19.2 Å². The van der Waals surface area contributed by atoms with Crippen molar-refractivity contribution in [2.75, 3.05) is 30.4 Å². The monoisotopic (exact) mass is 385 g/mol. The summed E-state index contributed by atoms with van der Waals surface area (Å²) in [6, 6.07) is 12.1. The molecule has 1 atom stereocenters. The number of ether oxygens (including phenoxy) is 1. The van der Waals surface area contributed by atoms with Crippen LogP contribution in [0.25, 0.3) is 0 Å². The summed E-state index contributed by atoms with van der Waals surface area (Å²) in [5.41, 5.74) is 1.17. The van der Waals surface area contributed by atoms with E-state index in [-0.39, 0.29) is 6.04 Å². The fourth-order valence-electron chi connectivity index (χ4n) is 3.19. The molecule has 0 unspecified atom stereocenters. The zero-order chi connectivity index (χ0) is 19.1. The number of hydrogen-bond acceptors (Lipinski definition) is 5. The van der Waals surface area contributed by atoms with Crippen molar-refractivity contribution >= 4 is 29.1 Å². The van der Waals surface area contributed by atoms with E-state index in [0.29, 0.717) is 16.9 Å². The van der Waals surface area contributed by atoms with Crippen LogP contribution in [0.3, 0.4) is 0 Å². The van der Waals surface area contributed by atoms with Gasteiger partial charge in [0.15, 0.2) is 5.11 Å². The standard InChI is InChI=1S/C20H27N5OS/c1-15(16-10-6-5-7-11-16)21-20(27)24-19-22-17(14-18(23-19)26-2)25-12-8-3-4-9-13-25/h5-7,10-11,14-15H,3-4,8-9,12-13H2,1-2H3,(H2,21,22,23,24,27)/t15-/m1/s1. The predicted molar refractivity (Wildman–Crippen MR) is 113 cm³/mol. The summed E-state index contributed by atoms with van der Waals surface area (Å²) >= 11 is 5.46. The first kappa shape index (κ1) is 19.4. The van der Waals surface area contributed by atoms with Crippen molar-refractivity contribution < 1.29 is 4.74 Å². The summed E-state index contributed by atoms with van der Waals surface area (Å²) in [4.78, 5) is 11.4. The van der Waals surface area contributed by atoms with Crippen molar-refractivity contribution in [3.05, 3.63) is 42.0 Å². The molecule has 6 nitrogen and oxygen atoms in total. The molecule has 2 heterocycles. The maximum Gasteiger partial charge on any atom is 0.234 e. The second kappa shape index (κ2) is 9.50. The largest absolute Gasteiger partial charge is 0.481 e. The quantitative estimate of drug-likeness (QED) is 0.757. The first-order valence-electron chi connectivity index (χ1n) is 9.46. The van der Waals surface area contributed by atoms with Crippen LogP contribution in [0.15, 0.2) is 36.4 Å². The predicted octanol–water partition coefficient (Wildman–Crippen LogP) is 3.91. The normalized spacial score (nSPS) is 15.6. The Morgan fingerprint density at radius 1 is 1.11 bits per heavy atom. The Labute approximate surface area is 166 Å². The molecule has 7 heteroatoms. The molecule has 0 spiro atoms. The van der Waals surface area contributed by atoms with Gasteiger partial charge in [-0.15, -0.1) is 0 Å². The highest BCUT2D eigenvalue weighted by Crippen LogP contribution is 2.23. The zero-order valence-electron chi connectivity index (χ0n) is 15.9. The maximum atomic E-state index is 5.46. The van der Waals surface area contributed by atoms with E-state index in [4.69, 9.17) is 17.0 Å². The first-order valence-corrected chi connectivity index (χ1v) is 9.87. The Hall–Kier alpha value is -2.41.